The fraction of sp³-hybridized carbons (Fsp3) is 0.778. The summed E-state index contributed by atoms with van der Waals surface area (Å²) in [7, 11) is 0. The summed E-state index contributed by atoms with van der Waals surface area (Å²) >= 11 is 0. The molecule has 0 aliphatic carbocycles. The van der Waals surface area contributed by atoms with Gasteiger partial charge in [0.1, 0.15) is 0 Å². The van der Waals surface area contributed by atoms with E-state index in [0.29, 0.717) is 64.6 Å². The van der Waals surface area contributed by atoms with Gasteiger partial charge >= 0.3 is 0 Å². The van der Waals surface area contributed by atoms with Gasteiger partial charge in [-0.1, -0.05) is 6.58 Å². The zero-order valence-corrected chi connectivity index (χ0v) is 24.9. The summed E-state index contributed by atoms with van der Waals surface area (Å²) in [5.41, 5.74) is 15.9. The molecule has 1 atom stereocenters. The Bertz CT molecular complexity index is 799. The van der Waals surface area contributed by atoms with E-state index in [4.69, 9.17) is 26.7 Å². The number of ketones is 1. The Morgan fingerprint density at radius 2 is 1.32 bits per heavy atom. The fourth-order valence-corrected chi connectivity index (χ4v) is 3.55. The maximum Gasteiger partial charge on any atom is 0.220 e. The average Bonchev–Trinajstić information content (AvgIpc) is 2.85. The highest BCUT2D eigenvalue weighted by atomic mass is 16.5. The maximum atomic E-state index is 12.8. The van der Waals surface area contributed by atoms with Gasteiger partial charge in [-0.15, -0.1) is 0 Å². The zero-order chi connectivity index (χ0) is 30.6. The van der Waals surface area contributed by atoms with Crippen LogP contribution in [0.2, 0.25) is 0 Å². The molecule has 40 heavy (non-hydrogen) atoms. The van der Waals surface area contributed by atoms with Crippen LogP contribution in [0.1, 0.15) is 72.6 Å². The number of carbonyl (C=O) groups excluding carboxylic acids is 4. The second kappa shape index (κ2) is 20.3. The molecule has 0 aromatic rings. The summed E-state index contributed by atoms with van der Waals surface area (Å²) in [5, 5.41) is 11.9. The number of hydrogen-bond donors (Lipinski definition) is 7. The van der Waals surface area contributed by atoms with Crippen LogP contribution in [-0.4, -0.2) is 86.8 Å². The molecule has 0 aliphatic rings. The third-order valence-corrected chi connectivity index (χ3v) is 5.87. The van der Waals surface area contributed by atoms with Crippen LogP contribution in [-0.2, 0) is 28.7 Å². The van der Waals surface area contributed by atoms with E-state index in [1.807, 2.05) is 13.8 Å². The third kappa shape index (κ3) is 21.3. The van der Waals surface area contributed by atoms with Crippen molar-refractivity contribution in [3.8, 4) is 0 Å². The van der Waals surface area contributed by atoms with Crippen molar-refractivity contribution in [2.24, 2.45) is 17.2 Å². The second-order valence-corrected chi connectivity index (χ2v) is 10.9. The average molecular weight is 572 g/mol. The van der Waals surface area contributed by atoms with Gasteiger partial charge in [-0.25, -0.2) is 0 Å². The van der Waals surface area contributed by atoms with Crippen LogP contribution < -0.4 is 38.5 Å². The van der Waals surface area contributed by atoms with E-state index in [2.05, 4.69) is 27.8 Å². The molecule has 0 aliphatic heterocycles. The van der Waals surface area contributed by atoms with Crippen LogP contribution in [0, 0.1) is 0 Å². The summed E-state index contributed by atoms with van der Waals surface area (Å²) in [4.78, 5) is 47.4. The van der Waals surface area contributed by atoms with Crippen LogP contribution in [0.5, 0.6) is 0 Å². The molecule has 0 aromatic carbocycles. The van der Waals surface area contributed by atoms with Gasteiger partial charge in [0.15, 0.2) is 5.78 Å². The normalized spacial score (nSPS) is 12.5. The van der Waals surface area contributed by atoms with E-state index in [-0.39, 0.29) is 49.3 Å². The van der Waals surface area contributed by atoms with E-state index in [1.54, 1.807) is 13.8 Å². The largest absolute Gasteiger partial charge is 0.401 e. The van der Waals surface area contributed by atoms with Crippen molar-refractivity contribution < 1.29 is 28.7 Å². The number of Topliss-reactive ketones (excluding diaryl/α,β-unsaturated/α-hetero) is 1. The topological polar surface area (TPSA) is 213 Å². The van der Waals surface area contributed by atoms with Crippen molar-refractivity contribution >= 4 is 23.5 Å². The number of hydrogen-bond acceptors (Lipinski definition) is 10. The van der Waals surface area contributed by atoms with Gasteiger partial charge in [0, 0.05) is 57.1 Å². The minimum absolute atomic E-state index is 0.0216. The fourth-order valence-electron chi connectivity index (χ4n) is 3.55. The molecule has 0 heterocycles. The standard InChI is InChI=1S/C27H53N7O6/c1-20(28)21(8-6-7-13-31-25(38)12-10-23(29)36)34-26(2,3)22(35)9-11-24(37)32-14-16-39-18-19-40-17-15-33-27(4,5)30/h21,33-34H,1,6-19,28,30H2,2-5H3,(H2,29,36)(H,31,38)(H,32,37)/t21-/m0/s1. The Morgan fingerprint density at radius 1 is 0.775 bits per heavy atom. The number of nitrogens with one attached hydrogen (secondary N) is 4. The molecular weight excluding hydrogens is 518 g/mol. The lowest BCUT2D eigenvalue weighted by molar-refractivity contribution is -0.128. The summed E-state index contributed by atoms with van der Waals surface area (Å²) < 4.78 is 10.9. The van der Waals surface area contributed by atoms with Crippen LogP contribution in [0.3, 0.4) is 0 Å². The number of nitrogens with two attached hydrogens (primary N) is 3. The molecule has 13 heteroatoms. The SMILES string of the molecule is C=C(N)[C@H](CCCCNC(=O)CCC(N)=O)NC(C)(C)C(=O)CCC(=O)NCCOCCOCCNC(C)(C)N. The third-order valence-electron chi connectivity index (χ3n) is 5.87. The van der Waals surface area contributed by atoms with Crippen molar-refractivity contribution in [3.05, 3.63) is 12.3 Å². The Kier molecular flexibility index (Phi) is 19.0. The first-order valence-corrected chi connectivity index (χ1v) is 13.9. The number of carbonyl (C=O) groups is 4. The quantitative estimate of drug-likeness (QED) is 0.0552. The molecule has 0 bridgehead atoms. The first-order chi connectivity index (χ1) is 18.6. The zero-order valence-electron chi connectivity index (χ0n) is 24.9. The van der Waals surface area contributed by atoms with Gasteiger partial charge in [0.25, 0.3) is 0 Å². The number of rotatable bonds is 25. The maximum absolute atomic E-state index is 12.8. The predicted octanol–water partition coefficient (Wildman–Crippen LogP) is -0.469. The molecule has 0 fully saturated rings. The first-order valence-electron chi connectivity index (χ1n) is 13.9. The van der Waals surface area contributed by atoms with Crippen LogP contribution in [0.15, 0.2) is 12.3 Å². The lowest BCUT2D eigenvalue weighted by Crippen LogP contribution is -2.53. The molecule has 13 nitrogen and oxygen atoms in total. The number of unbranched alkanes of at least 4 members (excludes halogenated alkanes) is 1. The van der Waals surface area contributed by atoms with Crippen molar-refractivity contribution in [1.82, 2.24) is 21.3 Å². The van der Waals surface area contributed by atoms with Crippen molar-refractivity contribution in [2.45, 2.75) is 89.9 Å². The summed E-state index contributed by atoms with van der Waals surface area (Å²) in [6.07, 6.45) is 2.30. The number of ether oxygens (including phenoxy) is 2. The Morgan fingerprint density at radius 3 is 1.88 bits per heavy atom. The van der Waals surface area contributed by atoms with E-state index in [1.165, 1.54) is 0 Å². The van der Waals surface area contributed by atoms with Crippen molar-refractivity contribution in [3.63, 3.8) is 0 Å². The van der Waals surface area contributed by atoms with Gasteiger partial charge in [-0.2, -0.15) is 0 Å². The summed E-state index contributed by atoms with van der Waals surface area (Å²) in [6.45, 7) is 14.3. The van der Waals surface area contributed by atoms with E-state index < -0.39 is 17.1 Å². The lowest BCUT2D eigenvalue weighted by atomic mass is 9.92. The van der Waals surface area contributed by atoms with Crippen molar-refractivity contribution in [2.75, 3.05) is 46.1 Å². The highest BCUT2D eigenvalue weighted by molar-refractivity contribution is 5.91. The molecule has 3 amide bonds. The van der Waals surface area contributed by atoms with Crippen molar-refractivity contribution in [1.29, 1.82) is 0 Å². The minimum atomic E-state index is -0.908. The second-order valence-electron chi connectivity index (χ2n) is 10.9. The summed E-state index contributed by atoms with van der Waals surface area (Å²) in [6, 6.07) is -0.303. The molecule has 0 aromatic heterocycles. The van der Waals surface area contributed by atoms with Gasteiger partial charge in [-0.05, 0) is 47.0 Å². The lowest BCUT2D eigenvalue weighted by Gasteiger charge is -2.31. The number of amides is 3. The van der Waals surface area contributed by atoms with E-state index >= 15 is 0 Å². The molecule has 10 N–H and O–H groups in total. The molecule has 0 spiro atoms. The first kappa shape index (κ1) is 37.4. The van der Waals surface area contributed by atoms with Gasteiger partial charge in [0.05, 0.1) is 37.6 Å². The molecule has 232 valence electrons. The monoisotopic (exact) mass is 571 g/mol. The molecule has 0 saturated carbocycles. The number of primary amides is 1. The van der Waals surface area contributed by atoms with Gasteiger partial charge in [-0.3, -0.25) is 29.8 Å². The molecular formula is C27H53N7O6. The molecule has 0 radical (unpaired) electrons. The molecule has 0 rings (SSSR count). The molecule has 0 saturated heterocycles. The van der Waals surface area contributed by atoms with Gasteiger partial charge < -0.3 is 37.3 Å². The summed E-state index contributed by atoms with van der Waals surface area (Å²) in [5.74, 6) is -1.07. The highest BCUT2D eigenvalue weighted by Gasteiger charge is 2.30. The van der Waals surface area contributed by atoms with Crippen LogP contribution >= 0.6 is 0 Å². The van der Waals surface area contributed by atoms with Crippen LogP contribution in [0.25, 0.3) is 0 Å². The van der Waals surface area contributed by atoms with E-state index in [9.17, 15) is 19.2 Å². The van der Waals surface area contributed by atoms with E-state index in [0.717, 1.165) is 6.42 Å². The Balaban J connectivity index is 4.12. The minimum Gasteiger partial charge on any atom is -0.401 e. The predicted molar refractivity (Wildman–Crippen MR) is 155 cm³/mol. The Hall–Kier alpha value is -2.58. The van der Waals surface area contributed by atoms with Crippen LogP contribution in [0.4, 0.5) is 0 Å². The smallest absolute Gasteiger partial charge is 0.220 e. The highest BCUT2D eigenvalue weighted by Crippen LogP contribution is 2.15. The van der Waals surface area contributed by atoms with Gasteiger partial charge in [0.2, 0.25) is 17.7 Å². The molecule has 0 unspecified atom stereocenters. The Labute approximate surface area is 239 Å².